The minimum atomic E-state index is -1.24. The zero-order chi connectivity index (χ0) is 25.2. The predicted octanol–water partition coefficient (Wildman–Crippen LogP) is 4.82. The van der Waals surface area contributed by atoms with Crippen LogP contribution in [-0.4, -0.2) is 52.7 Å². The van der Waals surface area contributed by atoms with Crippen molar-refractivity contribution in [3.63, 3.8) is 0 Å². The van der Waals surface area contributed by atoms with Crippen LogP contribution in [0.4, 0.5) is 27.5 Å². The van der Waals surface area contributed by atoms with E-state index in [1.54, 1.807) is 11.8 Å². The fourth-order valence-corrected chi connectivity index (χ4v) is 5.82. The second-order valence-electron chi connectivity index (χ2n) is 9.95. The average molecular weight is 510 g/mol. The minimum Gasteiger partial charge on any atom is -0.493 e. The lowest BCUT2D eigenvalue weighted by Crippen LogP contribution is -2.36. The first kappa shape index (κ1) is 23.0. The Labute approximate surface area is 212 Å². The van der Waals surface area contributed by atoms with Crippen LogP contribution in [0.5, 0.6) is 5.75 Å². The number of nitrogens with zero attached hydrogens (tertiary/aromatic N) is 4. The van der Waals surface area contributed by atoms with Crippen molar-refractivity contribution in [2.75, 3.05) is 37.0 Å². The molecular weight excluding hydrogens is 485 g/mol. The standard InChI is InChI=1S/C26H25ClFN5O3/c1-26(24(34)35)13-33(20-8-16(28)3-4-18(20)26)23-19(27)10-29-25(31-23)30-17-7-15-12-32(2)11-14-5-6-36-21(9-17)22(14)15/h3-4,7-10,14H,5-6,11-13H2,1-2H3,(H,34,35)(H,29,30,31). The number of likely N-dealkylation sites (N-methyl/N-ethyl adjacent to an activating group) is 1. The van der Waals surface area contributed by atoms with E-state index in [9.17, 15) is 14.3 Å². The molecule has 3 aliphatic heterocycles. The summed E-state index contributed by atoms with van der Waals surface area (Å²) in [5.74, 6) is 0.473. The number of hydrogen-bond donors (Lipinski definition) is 2. The number of carboxylic acids is 1. The van der Waals surface area contributed by atoms with Gasteiger partial charge in [-0.15, -0.1) is 0 Å². The van der Waals surface area contributed by atoms with E-state index >= 15 is 0 Å². The summed E-state index contributed by atoms with van der Waals surface area (Å²) in [5, 5.41) is 13.4. The van der Waals surface area contributed by atoms with Gasteiger partial charge in [0.25, 0.3) is 0 Å². The molecule has 1 aromatic heterocycles. The van der Waals surface area contributed by atoms with Gasteiger partial charge >= 0.3 is 5.97 Å². The van der Waals surface area contributed by atoms with Gasteiger partial charge in [-0.3, -0.25) is 4.79 Å². The summed E-state index contributed by atoms with van der Waals surface area (Å²) in [5.41, 5.74) is 2.97. The van der Waals surface area contributed by atoms with E-state index in [0.717, 1.165) is 30.9 Å². The lowest BCUT2D eigenvalue weighted by atomic mass is 9.85. The second-order valence-corrected chi connectivity index (χ2v) is 10.4. The Hall–Kier alpha value is -3.43. The fourth-order valence-electron chi connectivity index (χ4n) is 5.63. The number of anilines is 4. The SMILES string of the molecule is CN1Cc2cc(Nc3ncc(Cl)c(N4CC(C)(C(=O)O)c5ccc(F)cc54)n3)cc3c2C(CCO3)C1. The number of rotatable bonds is 4. The maximum absolute atomic E-state index is 14.2. The Kier molecular flexibility index (Phi) is 5.31. The van der Waals surface area contributed by atoms with Crippen LogP contribution in [0, 0.1) is 5.82 Å². The molecule has 2 unspecified atom stereocenters. The second kappa shape index (κ2) is 8.31. The van der Waals surface area contributed by atoms with Gasteiger partial charge in [0.05, 0.1) is 12.8 Å². The molecule has 0 saturated carbocycles. The largest absolute Gasteiger partial charge is 0.493 e. The molecule has 0 bridgehead atoms. The third-order valence-corrected chi connectivity index (χ3v) is 7.63. The van der Waals surface area contributed by atoms with Crippen LogP contribution >= 0.6 is 11.6 Å². The van der Waals surface area contributed by atoms with E-state index in [2.05, 4.69) is 33.3 Å². The summed E-state index contributed by atoms with van der Waals surface area (Å²) >= 11 is 6.48. The van der Waals surface area contributed by atoms with Gasteiger partial charge in [-0.1, -0.05) is 17.7 Å². The number of halogens is 2. The van der Waals surface area contributed by atoms with Crippen LogP contribution in [0.25, 0.3) is 0 Å². The molecule has 4 heterocycles. The summed E-state index contributed by atoms with van der Waals surface area (Å²) in [6.45, 7) is 4.20. The highest BCUT2D eigenvalue weighted by atomic mass is 35.5. The van der Waals surface area contributed by atoms with E-state index in [1.165, 1.54) is 35.5 Å². The molecule has 0 amide bonds. The number of carbonyl (C=O) groups is 1. The van der Waals surface area contributed by atoms with Gasteiger partial charge in [0.1, 0.15) is 22.0 Å². The van der Waals surface area contributed by atoms with Crippen LogP contribution in [0.3, 0.4) is 0 Å². The quantitative estimate of drug-likeness (QED) is 0.517. The number of nitrogens with one attached hydrogen (secondary N) is 1. The number of hydrogen-bond acceptors (Lipinski definition) is 7. The van der Waals surface area contributed by atoms with Gasteiger partial charge in [0, 0.05) is 48.6 Å². The molecule has 3 aromatic rings. The van der Waals surface area contributed by atoms with E-state index in [4.69, 9.17) is 16.3 Å². The first-order valence-corrected chi connectivity index (χ1v) is 12.2. The van der Waals surface area contributed by atoms with E-state index in [1.807, 2.05) is 6.07 Å². The van der Waals surface area contributed by atoms with Crippen molar-refractivity contribution in [2.24, 2.45) is 0 Å². The van der Waals surface area contributed by atoms with Gasteiger partial charge in [-0.2, -0.15) is 4.98 Å². The summed E-state index contributed by atoms with van der Waals surface area (Å²) < 4.78 is 20.2. The van der Waals surface area contributed by atoms with Crippen LogP contribution in [0.2, 0.25) is 5.02 Å². The number of aliphatic carboxylic acids is 1. The smallest absolute Gasteiger partial charge is 0.315 e. The number of benzene rings is 2. The fraction of sp³-hybridized carbons (Fsp3) is 0.346. The van der Waals surface area contributed by atoms with Crippen LogP contribution in [0.1, 0.15) is 36.0 Å². The summed E-state index contributed by atoms with van der Waals surface area (Å²) in [4.78, 5) is 25.1. The molecule has 0 aliphatic carbocycles. The summed E-state index contributed by atoms with van der Waals surface area (Å²) in [6.07, 6.45) is 2.47. The highest BCUT2D eigenvalue weighted by molar-refractivity contribution is 6.33. The zero-order valence-electron chi connectivity index (χ0n) is 19.9. The Morgan fingerprint density at radius 1 is 1.33 bits per heavy atom. The normalized spacial score (nSPS) is 22.6. The molecule has 0 radical (unpaired) electrons. The first-order chi connectivity index (χ1) is 17.2. The number of carboxylic acid groups (broad SMARTS) is 1. The molecule has 0 saturated heterocycles. The first-order valence-electron chi connectivity index (χ1n) is 11.8. The number of fused-ring (bicyclic) bond motifs is 1. The maximum Gasteiger partial charge on any atom is 0.315 e. The van der Waals surface area contributed by atoms with Crippen molar-refractivity contribution < 1.29 is 19.0 Å². The Bertz CT molecular complexity index is 1400. The molecule has 3 aliphatic rings. The monoisotopic (exact) mass is 509 g/mol. The van der Waals surface area contributed by atoms with Crippen LogP contribution in [0.15, 0.2) is 36.5 Å². The number of ether oxygens (including phenoxy) is 1. The van der Waals surface area contributed by atoms with Crippen LogP contribution in [-0.2, 0) is 16.8 Å². The summed E-state index contributed by atoms with van der Waals surface area (Å²) in [7, 11) is 2.12. The zero-order valence-corrected chi connectivity index (χ0v) is 20.6. The molecule has 186 valence electrons. The Morgan fingerprint density at radius 3 is 2.97 bits per heavy atom. The van der Waals surface area contributed by atoms with Crippen molar-refractivity contribution in [1.82, 2.24) is 14.9 Å². The molecular formula is C26H25ClFN5O3. The molecule has 0 fully saturated rings. The minimum absolute atomic E-state index is 0.0574. The van der Waals surface area contributed by atoms with E-state index in [-0.39, 0.29) is 11.6 Å². The molecule has 2 aromatic carbocycles. The van der Waals surface area contributed by atoms with Gasteiger partial charge < -0.3 is 25.0 Å². The van der Waals surface area contributed by atoms with E-state index < -0.39 is 17.2 Å². The Morgan fingerprint density at radius 2 is 2.17 bits per heavy atom. The molecule has 2 N–H and O–H groups in total. The van der Waals surface area contributed by atoms with Gasteiger partial charge in [0.2, 0.25) is 5.95 Å². The van der Waals surface area contributed by atoms with Crippen molar-refractivity contribution >= 4 is 40.7 Å². The topological polar surface area (TPSA) is 90.8 Å². The predicted molar refractivity (Wildman–Crippen MR) is 134 cm³/mol. The molecule has 2 atom stereocenters. The third kappa shape index (κ3) is 3.65. The van der Waals surface area contributed by atoms with Crippen molar-refractivity contribution in [1.29, 1.82) is 0 Å². The van der Waals surface area contributed by atoms with Crippen molar-refractivity contribution in [3.8, 4) is 5.75 Å². The Balaban J connectivity index is 1.37. The lowest BCUT2D eigenvalue weighted by molar-refractivity contribution is -0.142. The highest BCUT2D eigenvalue weighted by Crippen LogP contribution is 2.46. The number of aromatic nitrogens is 2. The van der Waals surface area contributed by atoms with Gasteiger partial charge in [-0.25, -0.2) is 9.37 Å². The molecule has 36 heavy (non-hydrogen) atoms. The molecule has 0 spiro atoms. The van der Waals surface area contributed by atoms with Crippen molar-refractivity contribution in [3.05, 3.63) is 64.1 Å². The average Bonchev–Trinajstić information content (AvgIpc) is 3.13. The third-order valence-electron chi connectivity index (χ3n) is 7.36. The lowest BCUT2D eigenvalue weighted by Gasteiger charge is -2.36. The summed E-state index contributed by atoms with van der Waals surface area (Å²) in [6, 6.07) is 8.15. The molecule has 8 nitrogen and oxygen atoms in total. The van der Waals surface area contributed by atoms with Gasteiger partial charge in [-0.05, 0) is 49.7 Å². The van der Waals surface area contributed by atoms with E-state index in [0.29, 0.717) is 35.5 Å². The van der Waals surface area contributed by atoms with Crippen molar-refractivity contribution in [2.45, 2.75) is 31.2 Å². The highest BCUT2D eigenvalue weighted by Gasteiger charge is 2.46. The molecule has 6 rings (SSSR count). The van der Waals surface area contributed by atoms with Gasteiger partial charge in [0.15, 0.2) is 5.82 Å². The maximum atomic E-state index is 14.2. The molecule has 10 heteroatoms. The van der Waals surface area contributed by atoms with Crippen LogP contribution < -0.4 is 15.0 Å².